The van der Waals surface area contributed by atoms with Crippen molar-refractivity contribution in [2.45, 2.75) is 4.90 Å². The van der Waals surface area contributed by atoms with Crippen molar-refractivity contribution in [1.29, 1.82) is 0 Å². The topological polar surface area (TPSA) is 106 Å². The second-order valence-electron chi connectivity index (χ2n) is 2.35. The summed E-state index contributed by atoms with van der Waals surface area (Å²) in [6.07, 6.45) is 1.53. The van der Waals surface area contributed by atoms with E-state index in [0.29, 0.717) is 16.4 Å². The monoisotopic (exact) mass is 227 g/mol. The maximum atomic E-state index is 7.94. The summed E-state index contributed by atoms with van der Waals surface area (Å²) in [5.74, 6) is 0.478. The fourth-order valence-electron chi connectivity index (χ4n) is 0.892. The fourth-order valence-corrected chi connectivity index (χ4v) is 1.22. The van der Waals surface area contributed by atoms with Gasteiger partial charge in [0.15, 0.2) is 5.82 Å². The Morgan fingerprint density at radius 3 is 2.93 bits per heavy atom. The molecule has 0 amide bonds. The van der Waals surface area contributed by atoms with Crippen molar-refractivity contribution < 1.29 is 14.6 Å². The molecule has 2 rings (SSSR count). The molecule has 78 valence electrons. The van der Waals surface area contributed by atoms with Gasteiger partial charge in [0.25, 0.3) is 0 Å². The highest BCUT2D eigenvalue weighted by molar-refractivity contribution is 7.94. The smallest absolute Gasteiger partial charge is 0.198 e. The minimum absolute atomic E-state index is 0.478. The molecule has 0 aliphatic heterocycles. The molecule has 2 heterocycles. The van der Waals surface area contributed by atoms with E-state index < -0.39 is 0 Å². The zero-order chi connectivity index (χ0) is 10.5. The van der Waals surface area contributed by atoms with Crippen LogP contribution < -0.4 is 0 Å². The number of aromatic nitrogens is 5. The Morgan fingerprint density at radius 2 is 2.33 bits per heavy atom. The zero-order valence-electron chi connectivity index (χ0n) is 7.19. The van der Waals surface area contributed by atoms with E-state index in [0.717, 1.165) is 12.0 Å². The molecule has 9 heteroatoms. The predicted molar refractivity (Wildman–Crippen MR) is 48.1 cm³/mol. The maximum Gasteiger partial charge on any atom is 0.198 e. The summed E-state index contributed by atoms with van der Waals surface area (Å²) in [6, 6.07) is 3.42. The Hall–Kier alpha value is -1.55. The molecule has 0 radical (unpaired) electrons. The summed E-state index contributed by atoms with van der Waals surface area (Å²) in [4.78, 5) is 4.73. The molecule has 2 aromatic heterocycles. The molecule has 0 unspecified atom stereocenters. The van der Waals surface area contributed by atoms with Gasteiger partial charge in [0.2, 0.25) is 0 Å². The number of nitrogens with one attached hydrogen (secondary N) is 1. The first-order valence-electron chi connectivity index (χ1n) is 3.75. The van der Waals surface area contributed by atoms with Gasteiger partial charge in [-0.2, -0.15) is 0 Å². The molecule has 2 aromatic rings. The zero-order valence-corrected chi connectivity index (χ0v) is 8.01. The molecular formula is C6H5N5O3S. The van der Waals surface area contributed by atoms with E-state index in [1.54, 1.807) is 12.1 Å². The summed E-state index contributed by atoms with van der Waals surface area (Å²) in [5.41, 5.74) is 0.606. The SMILES string of the molecule is OOOSc1ccc(-c2nnn[nH]2)nc1. The minimum Gasteiger partial charge on any atom is -0.252 e. The van der Waals surface area contributed by atoms with Gasteiger partial charge >= 0.3 is 0 Å². The van der Waals surface area contributed by atoms with E-state index >= 15 is 0 Å². The maximum absolute atomic E-state index is 7.94. The number of H-pyrrole nitrogens is 1. The third-order valence-electron chi connectivity index (χ3n) is 1.48. The van der Waals surface area contributed by atoms with Gasteiger partial charge in [0.1, 0.15) is 5.69 Å². The van der Waals surface area contributed by atoms with Crippen molar-refractivity contribution in [1.82, 2.24) is 25.6 Å². The van der Waals surface area contributed by atoms with Crippen LogP contribution in [0.15, 0.2) is 23.2 Å². The lowest BCUT2D eigenvalue weighted by Crippen LogP contribution is -1.86. The second-order valence-corrected chi connectivity index (χ2v) is 3.13. The minimum atomic E-state index is 0.478. The highest BCUT2D eigenvalue weighted by Crippen LogP contribution is 2.19. The second kappa shape index (κ2) is 4.79. The normalized spacial score (nSPS) is 10.5. The van der Waals surface area contributed by atoms with Crippen molar-refractivity contribution in [3.05, 3.63) is 18.3 Å². The molecule has 0 aliphatic rings. The van der Waals surface area contributed by atoms with E-state index in [4.69, 9.17) is 5.26 Å². The Bertz CT molecular complexity index is 405. The van der Waals surface area contributed by atoms with Gasteiger partial charge in [-0.15, -0.1) is 9.43 Å². The van der Waals surface area contributed by atoms with Crippen LogP contribution in [0.4, 0.5) is 0 Å². The average molecular weight is 227 g/mol. The third kappa shape index (κ3) is 2.47. The third-order valence-corrected chi connectivity index (χ3v) is 2.05. The van der Waals surface area contributed by atoms with Crippen LogP contribution in [0.25, 0.3) is 11.5 Å². The lowest BCUT2D eigenvalue weighted by molar-refractivity contribution is -0.432. The number of tetrazole rings is 1. The highest BCUT2D eigenvalue weighted by atomic mass is 32.2. The van der Waals surface area contributed by atoms with Crippen molar-refractivity contribution in [2.24, 2.45) is 0 Å². The Balaban J connectivity index is 2.11. The molecule has 0 saturated heterocycles. The molecule has 0 aliphatic carbocycles. The van der Waals surface area contributed by atoms with Crippen LogP contribution in [0.1, 0.15) is 0 Å². The molecule has 0 saturated carbocycles. The van der Waals surface area contributed by atoms with Gasteiger partial charge in [0.05, 0.1) is 16.9 Å². The lowest BCUT2D eigenvalue weighted by atomic mass is 10.3. The van der Waals surface area contributed by atoms with Gasteiger partial charge < -0.3 is 0 Å². The lowest BCUT2D eigenvalue weighted by Gasteiger charge is -1.97. The molecule has 2 N–H and O–H groups in total. The van der Waals surface area contributed by atoms with Crippen molar-refractivity contribution in [3.8, 4) is 11.5 Å². The summed E-state index contributed by atoms with van der Waals surface area (Å²) in [7, 11) is 0. The number of hydrogen-bond acceptors (Lipinski definition) is 8. The van der Waals surface area contributed by atoms with Crippen molar-refractivity contribution in [3.63, 3.8) is 0 Å². The Labute approximate surface area is 87.7 Å². The van der Waals surface area contributed by atoms with Crippen LogP contribution in [0, 0.1) is 0 Å². The number of nitrogens with zero attached hydrogens (tertiary/aromatic N) is 4. The molecular weight excluding hydrogens is 222 g/mol. The summed E-state index contributed by atoms with van der Waals surface area (Å²) in [5, 5.41) is 24.5. The number of rotatable bonds is 4. The first kappa shape index (κ1) is 9.98. The summed E-state index contributed by atoms with van der Waals surface area (Å²) in [6.45, 7) is 0. The van der Waals surface area contributed by atoms with Crippen LogP contribution in [0.5, 0.6) is 0 Å². The highest BCUT2D eigenvalue weighted by Gasteiger charge is 2.03. The molecule has 0 aromatic carbocycles. The molecule has 15 heavy (non-hydrogen) atoms. The fraction of sp³-hybridized carbons (Fsp3) is 0. The Morgan fingerprint density at radius 1 is 1.40 bits per heavy atom. The van der Waals surface area contributed by atoms with Crippen molar-refractivity contribution >= 4 is 12.0 Å². The summed E-state index contributed by atoms with van der Waals surface area (Å²) >= 11 is 0.830. The molecule has 8 nitrogen and oxygen atoms in total. The molecule has 0 fully saturated rings. The van der Waals surface area contributed by atoms with E-state index in [2.05, 4.69) is 35.0 Å². The van der Waals surface area contributed by atoms with Crippen LogP contribution in [0.2, 0.25) is 0 Å². The van der Waals surface area contributed by atoms with Gasteiger partial charge in [-0.3, -0.25) is 4.98 Å². The van der Waals surface area contributed by atoms with Gasteiger partial charge in [-0.25, -0.2) is 10.4 Å². The quantitative estimate of drug-likeness (QED) is 0.446. The summed E-state index contributed by atoms with van der Waals surface area (Å²) < 4.78 is 4.23. The largest absolute Gasteiger partial charge is 0.252 e. The van der Waals surface area contributed by atoms with Gasteiger partial charge in [0, 0.05) is 6.20 Å². The predicted octanol–water partition coefficient (Wildman–Crippen LogP) is 0.690. The van der Waals surface area contributed by atoms with Gasteiger partial charge in [-0.05, 0) is 22.6 Å². The number of aromatic amines is 1. The molecule has 0 atom stereocenters. The first-order valence-corrected chi connectivity index (χ1v) is 4.49. The van der Waals surface area contributed by atoms with Crippen LogP contribution in [0.3, 0.4) is 0 Å². The average Bonchev–Trinajstić information content (AvgIpc) is 2.80. The van der Waals surface area contributed by atoms with Gasteiger partial charge in [-0.1, -0.05) is 5.04 Å². The van der Waals surface area contributed by atoms with E-state index in [9.17, 15) is 0 Å². The van der Waals surface area contributed by atoms with Crippen LogP contribution in [-0.2, 0) is 9.37 Å². The van der Waals surface area contributed by atoms with Crippen LogP contribution >= 0.6 is 12.0 Å². The number of pyridine rings is 1. The molecule has 0 bridgehead atoms. The Kier molecular flexibility index (Phi) is 3.19. The van der Waals surface area contributed by atoms with Crippen molar-refractivity contribution in [2.75, 3.05) is 0 Å². The van der Waals surface area contributed by atoms with E-state index in [-0.39, 0.29) is 0 Å². The first-order chi connectivity index (χ1) is 7.40. The van der Waals surface area contributed by atoms with E-state index in [1.165, 1.54) is 6.20 Å². The van der Waals surface area contributed by atoms with Crippen LogP contribution in [-0.4, -0.2) is 30.9 Å². The van der Waals surface area contributed by atoms with E-state index in [1.807, 2.05) is 0 Å². The molecule has 0 spiro atoms. The number of hydrogen-bond donors (Lipinski definition) is 2. The standard InChI is InChI=1S/C6H5N5O3S/c12-13-14-15-4-1-2-5(7-3-4)6-8-10-11-9-6/h1-3,12H,(H,8,9,10,11).